The maximum Gasteiger partial charge on any atom is 0.261 e. The van der Waals surface area contributed by atoms with E-state index in [9.17, 15) is 9.59 Å². The van der Waals surface area contributed by atoms with Gasteiger partial charge in [0.2, 0.25) is 5.95 Å². The van der Waals surface area contributed by atoms with E-state index in [-0.39, 0.29) is 23.1 Å². The molecule has 0 saturated carbocycles. The number of piperidine rings is 1. The van der Waals surface area contributed by atoms with Crippen LogP contribution in [0.5, 0.6) is 0 Å². The van der Waals surface area contributed by atoms with Crippen molar-refractivity contribution >= 4 is 11.9 Å². The molecule has 2 aromatic heterocycles. The molecule has 0 bridgehead atoms. The Hall–Kier alpha value is -2.70. The second-order valence-corrected chi connectivity index (χ2v) is 6.68. The number of aromatic amines is 1. The van der Waals surface area contributed by atoms with Gasteiger partial charge < -0.3 is 15.2 Å². The highest BCUT2D eigenvalue weighted by molar-refractivity contribution is 5.94. The molecule has 0 radical (unpaired) electrons. The highest BCUT2D eigenvalue weighted by Gasteiger charge is 2.25. The fraction of sp³-hybridized carbons (Fsp3) is 0.444. The Kier molecular flexibility index (Phi) is 4.21. The van der Waals surface area contributed by atoms with E-state index < -0.39 is 0 Å². The summed E-state index contributed by atoms with van der Waals surface area (Å²) in [4.78, 5) is 38.3. The van der Waals surface area contributed by atoms with Crippen LogP contribution >= 0.6 is 0 Å². The molecular weight excluding hydrogens is 318 g/mol. The molecule has 1 fully saturated rings. The van der Waals surface area contributed by atoms with Gasteiger partial charge in [0.05, 0.1) is 0 Å². The number of H-pyrrole nitrogens is 1. The third-order valence-corrected chi connectivity index (χ3v) is 4.92. The third kappa shape index (κ3) is 3.26. The monoisotopic (exact) mass is 339 g/mol. The van der Waals surface area contributed by atoms with Crippen molar-refractivity contribution < 1.29 is 4.79 Å². The number of hydrogen-bond acceptors (Lipinski definition) is 5. The molecule has 1 saturated heterocycles. The molecule has 2 aliphatic rings. The first-order valence-electron chi connectivity index (χ1n) is 8.78. The number of carbonyl (C=O) groups is 1. The minimum absolute atomic E-state index is 0.0160. The van der Waals surface area contributed by atoms with E-state index in [1.165, 1.54) is 0 Å². The molecule has 2 N–H and O–H groups in total. The Morgan fingerprint density at radius 1 is 1.24 bits per heavy atom. The van der Waals surface area contributed by atoms with Gasteiger partial charge >= 0.3 is 0 Å². The van der Waals surface area contributed by atoms with Crippen molar-refractivity contribution in [1.82, 2.24) is 20.3 Å². The lowest BCUT2D eigenvalue weighted by atomic mass is 10.1. The van der Waals surface area contributed by atoms with Crippen LogP contribution in [0.3, 0.4) is 0 Å². The molecule has 7 heteroatoms. The van der Waals surface area contributed by atoms with Crippen LogP contribution in [0.15, 0.2) is 29.3 Å². The molecule has 7 nitrogen and oxygen atoms in total. The Labute approximate surface area is 145 Å². The molecule has 0 aromatic carbocycles. The van der Waals surface area contributed by atoms with Gasteiger partial charge in [-0.15, -0.1) is 0 Å². The largest absolute Gasteiger partial charge is 0.347 e. The average molecular weight is 339 g/mol. The van der Waals surface area contributed by atoms with Crippen molar-refractivity contribution in [3.63, 3.8) is 0 Å². The lowest BCUT2D eigenvalue weighted by molar-refractivity contribution is 0.0931. The van der Waals surface area contributed by atoms with Crippen LogP contribution in [0, 0.1) is 0 Å². The van der Waals surface area contributed by atoms with Crippen molar-refractivity contribution in [2.75, 3.05) is 18.0 Å². The molecule has 25 heavy (non-hydrogen) atoms. The van der Waals surface area contributed by atoms with Crippen LogP contribution in [-0.4, -0.2) is 40.0 Å². The van der Waals surface area contributed by atoms with Gasteiger partial charge in [-0.3, -0.25) is 9.59 Å². The summed E-state index contributed by atoms with van der Waals surface area (Å²) >= 11 is 0. The van der Waals surface area contributed by atoms with Gasteiger partial charge in [0.1, 0.15) is 5.56 Å². The molecule has 1 atom stereocenters. The van der Waals surface area contributed by atoms with Gasteiger partial charge in [0.15, 0.2) is 0 Å². The zero-order valence-corrected chi connectivity index (χ0v) is 14.0. The maximum atomic E-state index is 12.6. The van der Waals surface area contributed by atoms with E-state index >= 15 is 0 Å². The highest BCUT2D eigenvalue weighted by atomic mass is 16.2. The number of rotatable bonds is 3. The number of carbonyl (C=O) groups excluding carboxylic acids is 1. The number of fused-ring (bicyclic) bond motifs is 1. The second-order valence-electron chi connectivity index (χ2n) is 6.68. The standard InChI is InChI=1S/C18H21N5O2/c24-16(14-10-12-4-1-6-15(12)22-17(14)25)21-13-5-2-9-23(11-13)18-19-7-3-8-20-18/h3,7-8,10,13H,1-2,4-6,9,11H2,(H,21,24)(H,22,25)/t13-/m1/s1. The van der Waals surface area contributed by atoms with Crippen molar-refractivity contribution in [1.29, 1.82) is 0 Å². The van der Waals surface area contributed by atoms with Crippen LogP contribution in [0.25, 0.3) is 0 Å². The summed E-state index contributed by atoms with van der Waals surface area (Å²) in [7, 11) is 0. The molecule has 1 aliphatic heterocycles. The molecule has 0 unspecified atom stereocenters. The highest BCUT2D eigenvalue weighted by Crippen LogP contribution is 2.19. The summed E-state index contributed by atoms with van der Waals surface area (Å²) in [6, 6.07) is 3.53. The zero-order valence-electron chi connectivity index (χ0n) is 14.0. The number of pyridine rings is 1. The fourth-order valence-corrected chi connectivity index (χ4v) is 3.68. The van der Waals surface area contributed by atoms with Crippen molar-refractivity contribution in [3.05, 3.63) is 51.7 Å². The summed E-state index contributed by atoms with van der Waals surface area (Å²) in [5.74, 6) is 0.383. The molecule has 130 valence electrons. The number of aromatic nitrogens is 3. The van der Waals surface area contributed by atoms with Gasteiger partial charge in [-0.25, -0.2) is 9.97 Å². The van der Waals surface area contributed by atoms with E-state index in [4.69, 9.17) is 0 Å². The molecule has 1 amide bonds. The maximum absolute atomic E-state index is 12.6. The van der Waals surface area contributed by atoms with Crippen molar-refractivity contribution in [2.45, 2.75) is 38.1 Å². The third-order valence-electron chi connectivity index (χ3n) is 4.92. The van der Waals surface area contributed by atoms with Crippen molar-refractivity contribution in [2.24, 2.45) is 0 Å². The predicted molar refractivity (Wildman–Crippen MR) is 93.8 cm³/mol. The molecular formula is C18H21N5O2. The molecule has 2 aromatic rings. The summed E-state index contributed by atoms with van der Waals surface area (Å²) in [5, 5.41) is 3.01. The Bertz CT molecular complexity index is 833. The number of nitrogens with one attached hydrogen (secondary N) is 2. The first kappa shape index (κ1) is 15.8. The summed E-state index contributed by atoms with van der Waals surface area (Å²) < 4.78 is 0. The van der Waals surface area contributed by atoms with E-state index in [2.05, 4.69) is 25.2 Å². The number of hydrogen-bond donors (Lipinski definition) is 2. The molecule has 4 rings (SSSR count). The first-order chi connectivity index (χ1) is 12.2. The van der Waals surface area contributed by atoms with Crippen LogP contribution in [0.1, 0.15) is 40.9 Å². The van der Waals surface area contributed by atoms with Gasteiger partial charge in [-0.05, 0) is 49.8 Å². The van der Waals surface area contributed by atoms with Crippen LogP contribution in [0.2, 0.25) is 0 Å². The van der Waals surface area contributed by atoms with Gasteiger partial charge in [0, 0.05) is 37.2 Å². The number of aryl methyl sites for hydroxylation is 2. The van der Waals surface area contributed by atoms with Gasteiger partial charge in [0.25, 0.3) is 11.5 Å². The second kappa shape index (κ2) is 6.66. The van der Waals surface area contributed by atoms with E-state index in [0.29, 0.717) is 12.5 Å². The first-order valence-corrected chi connectivity index (χ1v) is 8.78. The minimum atomic E-state index is -0.295. The van der Waals surface area contributed by atoms with Crippen molar-refractivity contribution in [3.8, 4) is 0 Å². The van der Waals surface area contributed by atoms with Crippen LogP contribution in [0.4, 0.5) is 5.95 Å². The lowest BCUT2D eigenvalue weighted by Crippen LogP contribution is -2.49. The summed E-state index contributed by atoms with van der Waals surface area (Å²) in [5.41, 5.74) is 1.99. The van der Waals surface area contributed by atoms with Crippen LogP contribution < -0.4 is 15.8 Å². The van der Waals surface area contributed by atoms with Gasteiger partial charge in [-0.2, -0.15) is 0 Å². The van der Waals surface area contributed by atoms with E-state index in [1.54, 1.807) is 24.5 Å². The van der Waals surface area contributed by atoms with Crippen LogP contribution in [-0.2, 0) is 12.8 Å². The average Bonchev–Trinajstić information content (AvgIpc) is 3.09. The number of nitrogens with zero attached hydrogens (tertiary/aromatic N) is 3. The normalized spacial score (nSPS) is 19.5. The number of amides is 1. The summed E-state index contributed by atoms with van der Waals surface area (Å²) in [6.45, 7) is 1.52. The lowest BCUT2D eigenvalue weighted by Gasteiger charge is -2.33. The molecule has 1 aliphatic carbocycles. The van der Waals surface area contributed by atoms with E-state index in [1.807, 2.05) is 0 Å². The molecule has 0 spiro atoms. The van der Waals surface area contributed by atoms with E-state index in [0.717, 1.165) is 49.9 Å². The fourth-order valence-electron chi connectivity index (χ4n) is 3.68. The van der Waals surface area contributed by atoms with Gasteiger partial charge in [-0.1, -0.05) is 0 Å². The molecule has 3 heterocycles. The SMILES string of the molecule is O=C(N[C@@H]1CCCN(c2ncccn2)C1)c1cc2c([nH]c1=O)CCC2. The number of anilines is 1. The smallest absolute Gasteiger partial charge is 0.261 e. The zero-order chi connectivity index (χ0) is 17.2. The Balaban J connectivity index is 1.47. The topological polar surface area (TPSA) is 91.0 Å². The minimum Gasteiger partial charge on any atom is -0.347 e. The Morgan fingerprint density at radius 3 is 2.92 bits per heavy atom. The Morgan fingerprint density at radius 2 is 2.08 bits per heavy atom. The quantitative estimate of drug-likeness (QED) is 0.872. The predicted octanol–water partition coefficient (Wildman–Crippen LogP) is 1.05. The summed E-state index contributed by atoms with van der Waals surface area (Å²) in [6.07, 6.45) is 8.12.